The van der Waals surface area contributed by atoms with Crippen LogP contribution in [0.4, 0.5) is 0 Å². The molecular weight excluding hydrogens is 174 g/mol. The van der Waals surface area contributed by atoms with E-state index in [0.717, 1.165) is 37.3 Å². The fourth-order valence-electron chi connectivity index (χ4n) is 1.51. The summed E-state index contributed by atoms with van der Waals surface area (Å²) in [6.45, 7) is 2.10. The van der Waals surface area contributed by atoms with Gasteiger partial charge in [-0.2, -0.15) is 0 Å². The minimum Gasteiger partial charge on any atom is -0.447 e. The van der Waals surface area contributed by atoms with E-state index in [0.29, 0.717) is 0 Å². The SMILES string of the molecule is CC1=CN=C(OC2=CC=CCC2)CC1. The van der Waals surface area contributed by atoms with E-state index in [4.69, 9.17) is 4.74 Å². The lowest BCUT2D eigenvalue weighted by molar-refractivity contribution is 0.379. The summed E-state index contributed by atoms with van der Waals surface area (Å²) in [5.41, 5.74) is 1.33. The van der Waals surface area contributed by atoms with Gasteiger partial charge in [0.05, 0.1) is 0 Å². The van der Waals surface area contributed by atoms with Gasteiger partial charge in [0.15, 0.2) is 5.90 Å². The van der Waals surface area contributed by atoms with Crippen molar-refractivity contribution in [1.82, 2.24) is 0 Å². The lowest BCUT2D eigenvalue weighted by Gasteiger charge is -2.15. The third kappa shape index (κ3) is 2.34. The molecule has 1 heterocycles. The quantitative estimate of drug-likeness (QED) is 0.620. The number of nitrogens with zero attached hydrogens (tertiary/aromatic N) is 1. The van der Waals surface area contributed by atoms with Crippen molar-refractivity contribution in [3.8, 4) is 0 Å². The minimum absolute atomic E-state index is 0.858. The maximum atomic E-state index is 5.70. The first-order chi connectivity index (χ1) is 6.84. The van der Waals surface area contributed by atoms with E-state index in [9.17, 15) is 0 Å². The maximum Gasteiger partial charge on any atom is 0.194 e. The highest BCUT2D eigenvalue weighted by Crippen LogP contribution is 2.18. The monoisotopic (exact) mass is 189 g/mol. The predicted molar refractivity (Wildman–Crippen MR) is 58.0 cm³/mol. The van der Waals surface area contributed by atoms with Crippen LogP contribution in [-0.2, 0) is 4.74 Å². The number of ether oxygens (including phenoxy) is 1. The van der Waals surface area contributed by atoms with Gasteiger partial charge in [0.25, 0.3) is 0 Å². The van der Waals surface area contributed by atoms with Gasteiger partial charge in [-0.1, -0.05) is 17.7 Å². The van der Waals surface area contributed by atoms with E-state index in [1.54, 1.807) is 0 Å². The van der Waals surface area contributed by atoms with Crippen LogP contribution in [0.3, 0.4) is 0 Å². The van der Waals surface area contributed by atoms with Gasteiger partial charge in [-0.05, 0) is 25.8 Å². The molecule has 2 aliphatic rings. The van der Waals surface area contributed by atoms with Crippen molar-refractivity contribution in [3.63, 3.8) is 0 Å². The largest absolute Gasteiger partial charge is 0.447 e. The Labute approximate surface area is 84.7 Å². The first-order valence-corrected chi connectivity index (χ1v) is 5.10. The molecule has 0 saturated heterocycles. The molecule has 0 atom stereocenters. The maximum absolute atomic E-state index is 5.70. The molecule has 14 heavy (non-hydrogen) atoms. The Morgan fingerprint density at radius 2 is 2.21 bits per heavy atom. The van der Waals surface area contributed by atoms with Gasteiger partial charge >= 0.3 is 0 Å². The smallest absolute Gasteiger partial charge is 0.194 e. The topological polar surface area (TPSA) is 21.6 Å². The Hall–Kier alpha value is -1.31. The van der Waals surface area contributed by atoms with Crippen LogP contribution in [0.1, 0.15) is 32.6 Å². The van der Waals surface area contributed by atoms with E-state index in [1.807, 2.05) is 18.4 Å². The number of rotatable bonds is 1. The van der Waals surface area contributed by atoms with Crippen LogP contribution in [0.25, 0.3) is 0 Å². The molecule has 0 aromatic heterocycles. The average Bonchev–Trinajstić information content (AvgIpc) is 2.23. The van der Waals surface area contributed by atoms with Gasteiger partial charge in [-0.25, -0.2) is 4.99 Å². The zero-order valence-electron chi connectivity index (χ0n) is 8.49. The molecule has 74 valence electrons. The number of hydrogen-bond donors (Lipinski definition) is 0. The lowest BCUT2D eigenvalue weighted by Crippen LogP contribution is -2.08. The number of hydrogen-bond acceptors (Lipinski definition) is 2. The molecule has 2 nitrogen and oxygen atoms in total. The van der Waals surface area contributed by atoms with Crippen LogP contribution >= 0.6 is 0 Å². The number of allylic oxidation sites excluding steroid dienone is 5. The Morgan fingerprint density at radius 1 is 1.29 bits per heavy atom. The van der Waals surface area contributed by atoms with Crippen molar-refractivity contribution in [2.75, 3.05) is 0 Å². The molecule has 0 radical (unpaired) electrons. The van der Waals surface area contributed by atoms with Crippen LogP contribution in [-0.4, -0.2) is 5.90 Å². The van der Waals surface area contributed by atoms with E-state index in [-0.39, 0.29) is 0 Å². The van der Waals surface area contributed by atoms with Crippen LogP contribution in [0.15, 0.2) is 40.8 Å². The van der Waals surface area contributed by atoms with Crippen LogP contribution in [0.2, 0.25) is 0 Å². The van der Waals surface area contributed by atoms with Crippen molar-refractivity contribution in [2.45, 2.75) is 32.6 Å². The molecule has 0 aromatic carbocycles. The Morgan fingerprint density at radius 3 is 2.86 bits per heavy atom. The summed E-state index contributed by atoms with van der Waals surface area (Å²) in [6, 6.07) is 0. The summed E-state index contributed by atoms with van der Waals surface area (Å²) in [7, 11) is 0. The molecule has 0 spiro atoms. The first-order valence-electron chi connectivity index (χ1n) is 5.10. The molecule has 0 amide bonds. The molecule has 1 aliphatic heterocycles. The minimum atomic E-state index is 0.858. The summed E-state index contributed by atoms with van der Waals surface area (Å²) in [5, 5.41) is 0. The van der Waals surface area contributed by atoms with Crippen molar-refractivity contribution < 1.29 is 4.74 Å². The molecule has 1 aliphatic carbocycles. The Bertz CT molecular complexity index is 334. The molecule has 0 unspecified atom stereocenters. The third-order valence-electron chi connectivity index (χ3n) is 2.39. The fourth-order valence-corrected chi connectivity index (χ4v) is 1.51. The van der Waals surface area contributed by atoms with Gasteiger partial charge in [-0.3, -0.25) is 0 Å². The Kier molecular flexibility index (Phi) is 2.82. The molecule has 0 bridgehead atoms. The van der Waals surface area contributed by atoms with E-state index >= 15 is 0 Å². The van der Waals surface area contributed by atoms with Crippen molar-refractivity contribution in [2.24, 2.45) is 4.99 Å². The summed E-state index contributed by atoms with van der Waals surface area (Å²) in [5.74, 6) is 1.90. The predicted octanol–water partition coefficient (Wildman–Crippen LogP) is 3.33. The van der Waals surface area contributed by atoms with Gasteiger partial charge < -0.3 is 4.74 Å². The van der Waals surface area contributed by atoms with E-state index in [1.165, 1.54) is 5.57 Å². The normalized spacial score (nSPS) is 21.1. The lowest BCUT2D eigenvalue weighted by atomic mass is 10.1. The highest BCUT2D eigenvalue weighted by atomic mass is 16.5. The Balaban J connectivity index is 1.98. The molecule has 0 fully saturated rings. The second-order valence-corrected chi connectivity index (χ2v) is 3.70. The van der Waals surface area contributed by atoms with Crippen molar-refractivity contribution >= 4 is 5.90 Å². The molecule has 0 saturated carbocycles. The summed E-state index contributed by atoms with van der Waals surface area (Å²) < 4.78 is 5.70. The van der Waals surface area contributed by atoms with Gasteiger partial charge in [0.1, 0.15) is 5.76 Å². The van der Waals surface area contributed by atoms with Crippen molar-refractivity contribution in [3.05, 3.63) is 35.8 Å². The van der Waals surface area contributed by atoms with Gasteiger partial charge in [0.2, 0.25) is 0 Å². The summed E-state index contributed by atoms with van der Waals surface area (Å²) in [4.78, 5) is 4.27. The number of aliphatic imine (C=N–C) groups is 1. The van der Waals surface area contributed by atoms with Crippen LogP contribution in [0, 0.1) is 0 Å². The third-order valence-corrected chi connectivity index (χ3v) is 2.39. The van der Waals surface area contributed by atoms with Crippen LogP contribution < -0.4 is 0 Å². The second-order valence-electron chi connectivity index (χ2n) is 3.70. The molecule has 2 heteroatoms. The average molecular weight is 189 g/mol. The highest BCUT2D eigenvalue weighted by Gasteiger charge is 2.09. The molecule has 0 aromatic rings. The fraction of sp³-hybridized carbons (Fsp3) is 0.417. The van der Waals surface area contributed by atoms with E-state index in [2.05, 4.69) is 18.0 Å². The molecule has 0 N–H and O–H groups in total. The summed E-state index contributed by atoms with van der Waals surface area (Å²) in [6.07, 6.45) is 12.2. The van der Waals surface area contributed by atoms with Crippen molar-refractivity contribution in [1.29, 1.82) is 0 Å². The first kappa shape index (κ1) is 9.25. The van der Waals surface area contributed by atoms with Gasteiger partial charge in [0, 0.05) is 19.0 Å². The molecule has 2 rings (SSSR count). The summed E-state index contributed by atoms with van der Waals surface area (Å²) >= 11 is 0. The van der Waals surface area contributed by atoms with Gasteiger partial charge in [-0.15, -0.1) is 0 Å². The standard InChI is InChI=1S/C12H15NO/c1-10-7-8-12(13-9-10)14-11-5-3-2-4-6-11/h2-3,5,9H,4,6-8H2,1H3. The zero-order chi connectivity index (χ0) is 9.80. The van der Waals surface area contributed by atoms with E-state index < -0.39 is 0 Å². The zero-order valence-corrected chi connectivity index (χ0v) is 8.49. The molecular formula is C12H15NO. The highest BCUT2D eigenvalue weighted by molar-refractivity contribution is 5.79. The van der Waals surface area contributed by atoms with Crippen LogP contribution in [0.5, 0.6) is 0 Å². The second kappa shape index (κ2) is 4.27.